The molecule has 0 aliphatic rings. The fourth-order valence-electron chi connectivity index (χ4n) is 1.21. The molecule has 0 unspecified atom stereocenters. The highest BCUT2D eigenvalue weighted by molar-refractivity contribution is 6.07. The molecule has 2 aromatic rings. The second-order valence-corrected chi connectivity index (χ2v) is 3.15. The molecule has 4 heteroatoms. The summed E-state index contributed by atoms with van der Waals surface area (Å²) in [6.07, 6.45) is 4.57. The molecule has 1 aromatic heterocycles. The van der Waals surface area contributed by atoms with Crippen molar-refractivity contribution in [3.63, 3.8) is 0 Å². The van der Waals surface area contributed by atoms with Crippen molar-refractivity contribution < 1.29 is 4.52 Å². The third-order valence-electron chi connectivity index (χ3n) is 2.02. The van der Waals surface area contributed by atoms with Crippen molar-refractivity contribution in [1.82, 2.24) is 10.1 Å². The maximum absolute atomic E-state index is 5.03. The first kappa shape index (κ1) is 9.71. The molecule has 0 N–H and O–H groups in total. The number of aromatic nitrogens is 2. The molecule has 15 heavy (non-hydrogen) atoms. The van der Waals surface area contributed by atoms with E-state index in [1.54, 1.807) is 0 Å². The number of nitrogens with zero attached hydrogens (tertiary/aromatic N) is 2. The minimum Gasteiger partial charge on any atom is -0.335 e. The molecular weight excluding hydrogens is 187 g/mol. The summed E-state index contributed by atoms with van der Waals surface area (Å²) < 4.78 is 5.03. The largest absolute Gasteiger partial charge is 0.335 e. The van der Waals surface area contributed by atoms with Crippen molar-refractivity contribution in [3.05, 3.63) is 47.6 Å². The quantitative estimate of drug-likeness (QED) is 0.699. The van der Waals surface area contributed by atoms with Crippen LogP contribution in [0.5, 0.6) is 0 Å². The summed E-state index contributed by atoms with van der Waals surface area (Å²) in [4.78, 5) is 4.18. The Morgan fingerprint density at radius 3 is 2.67 bits per heavy atom. The van der Waals surface area contributed by atoms with Gasteiger partial charge < -0.3 is 4.52 Å². The van der Waals surface area contributed by atoms with Crippen molar-refractivity contribution in [2.24, 2.45) is 0 Å². The first-order chi connectivity index (χ1) is 7.38. The van der Waals surface area contributed by atoms with E-state index in [0.717, 1.165) is 17.7 Å². The molecule has 0 radical (unpaired) electrons. The van der Waals surface area contributed by atoms with Gasteiger partial charge in [-0.2, -0.15) is 4.98 Å². The number of hydrogen-bond donors (Lipinski definition) is 0. The van der Waals surface area contributed by atoms with Gasteiger partial charge in [-0.3, -0.25) is 0 Å². The van der Waals surface area contributed by atoms with Crippen LogP contribution in [0.2, 0.25) is 0 Å². The Kier molecular flexibility index (Phi) is 2.97. The fourth-order valence-corrected chi connectivity index (χ4v) is 1.21. The van der Waals surface area contributed by atoms with Gasteiger partial charge in [0.25, 0.3) is 5.89 Å². The van der Waals surface area contributed by atoms with Crippen LogP contribution in [0.3, 0.4) is 0 Å². The third-order valence-corrected chi connectivity index (χ3v) is 2.02. The lowest BCUT2D eigenvalue weighted by Crippen LogP contribution is -1.84. The molecule has 0 atom stereocenters. The van der Waals surface area contributed by atoms with Crippen LogP contribution in [0.1, 0.15) is 17.3 Å². The van der Waals surface area contributed by atoms with E-state index in [0.29, 0.717) is 5.89 Å². The van der Waals surface area contributed by atoms with E-state index in [2.05, 4.69) is 10.1 Å². The molecule has 2 rings (SSSR count). The van der Waals surface area contributed by atoms with Crippen molar-refractivity contribution in [1.29, 1.82) is 0 Å². The van der Waals surface area contributed by atoms with Gasteiger partial charge in [-0.1, -0.05) is 35.5 Å². The maximum Gasteiger partial charge on any atom is 0.250 e. The van der Waals surface area contributed by atoms with Gasteiger partial charge in [-0.05, 0) is 18.0 Å². The minimum atomic E-state index is 0.552. The van der Waals surface area contributed by atoms with Crippen LogP contribution in [0.25, 0.3) is 12.2 Å². The average Bonchev–Trinajstić information content (AvgIpc) is 2.76. The Hall–Kier alpha value is -1.84. The predicted molar refractivity (Wildman–Crippen MR) is 61.9 cm³/mol. The molecule has 1 aromatic carbocycles. The number of hydrogen-bond acceptors (Lipinski definition) is 3. The normalized spacial score (nSPS) is 10.9. The number of benzene rings is 1. The van der Waals surface area contributed by atoms with Crippen LogP contribution < -0.4 is 0 Å². The topological polar surface area (TPSA) is 38.9 Å². The van der Waals surface area contributed by atoms with Crippen molar-refractivity contribution in [2.45, 2.75) is 6.32 Å². The first-order valence-electron chi connectivity index (χ1n) is 4.94. The molecule has 0 fully saturated rings. The molecule has 74 valence electrons. The van der Waals surface area contributed by atoms with E-state index < -0.39 is 0 Å². The molecule has 3 nitrogen and oxygen atoms in total. The molecule has 0 spiro atoms. The van der Waals surface area contributed by atoms with Gasteiger partial charge in [0.1, 0.15) is 7.85 Å². The predicted octanol–water partition coefficient (Wildman–Crippen LogP) is 1.37. The molecule has 0 bridgehead atoms. The molecule has 0 amide bonds. The fraction of sp³-hybridized carbons (Fsp3) is 0.0909. The van der Waals surface area contributed by atoms with E-state index >= 15 is 0 Å². The zero-order valence-corrected chi connectivity index (χ0v) is 8.55. The highest BCUT2D eigenvalue weighted by atomic mass is 16.5. The molecule has 0 saturated heterocycles. The third kappa shape index (κ3) is 2.56. The molecule has 0 aliphatic heterocycles. The zero-order valence-electron chi connectivity index (χ0n) is 8.55. The zero-order chi connectivity index (χ0) is 10.5. The van der Waals surface area contributed by atoms with Gasteiger partial charge in [0.15, 0.2) is 5.82 Å². The smallest absolute Gasteiger partial charge is 0.250 e. The van der Waals surface area contributed by atoms with Gasteiger partial charge in [0, 0.05) is 6.08 Å². The Morgan fingerprint density at radius 1 is 1.20 bits per heavy atom. The second-order valence-electron chi connectivity index (χ2n) is 3.15. The van der Waals surface area contributed by atoms with Crippen LogP contribution in [-0.2, 0) is 6.32 Å². The summed E-state index contributed by atoms with van der Waals surface area (Å²) in [5.74, 6) is 1.29. The van der Waals surface area contributed by atoms with E-state index in [-0.39, 0.29) is 0 Å². The monoisotopic (exact) mass is 198 g/mol. The number of rotatable bonds is 3. The van der Waals surface area contributed by atoms with Gasteiger partial charge in [-0.15, -0.1) is 0 Å². The minimum absolute atomic E-state index is 0.552. The van der Waals surface area contributed by atoms with Crippen LogP contribution >= 0.6 is 0 Å². The lowest BCUT2D eigenvalue weighted by atomic mass is 10.1. The molecule has 1 heterocycles. The van der Waals surface area contributed by atoms with E-state index in [9.17, 15) is 0 Å². The summed E-state index contributed by atoms with van der Waals surface area (Å²) in [6, 6.07) is 10.0. The van der Waals surface area contributed by atoms with Gasteiger partial charge in [0.2, 0.25) is 0 Å². The summed E-state index contributed by atoms with van der Waals surface area (Å²) in [7, 11) is 2.00. The Balaban J connectivity index is 2.11. The average molecular weight is 198 g/mol. The van der Waals surface area contributed by atoms with Crippen LogP contribution in [0.15, 0.2) is 34.9 Å². The van der Waals surface area contributed by atoms with Gasteiger partial charge >= 0.3 is 0 Å². The molecule has 0 saturated carbocycles. The summed E-state index contributed by atoms with van der Waals surface area (Å²) in [6.45, 7) is 0. The van der Waals surface area contributed by atoms with E-state index in [4.69, 9.17) is 4.52 Å². The van der Waals surface area contributed by atoms with E-state index in [1.165, 1.54) is 0 Å². The lowest BCUT2D eigenvalue weighted by molar-refractivity contribution is 0.405. The van der Waals surface area contributed by atoms with Crippen LogP contribution in [-0.4, -0.2) is 18.0 Å². The Labute approximate surface area is 89.2 Å². The SMILES string of the molecule is BCc1noc(/C=C/c2ccccc2)n1. The highest BCUT2D eigenvalue weighted by Crippen LogP contribution is 2.06. The van der Waals surface area contributed by atoms with E-state index in [1.807, 2.05) is 50.3 Å². The Morgan fingerprint density at radius 2 is 2.00 bits per heavy atom. The summed E-state index contributed by atoms with van der Waals surface area (Å²) >= 11 is 0. The standard InChI is InChI=1S/C11H11BN2O/c12-8-10-13-11(15-14-10)7-6-9-4-2-1-3-5-9/h1-7H,8,12H2/b7-6+. The maximum atomic E-state index is 5.03. The van der Waals surface area contributed by atoms with Crippen molar-refractivity contribution >= 4 is 20.0 Å². The van der Waals surface area contributed by atoms with Crippen molar-refractivity contribution in [3.8, 4) is 0 Å². The summed E-state index contributed by atoms with van der Waals surface area (Å²) in [5.41, 5.74) is 1.12. The van der Waals surface area contributed by atoms with Gasteiger partial charge in [0.05, 0.1) is 0 Å². The molecule has 0 aliphatic carbocycles. The van der Waals surface area contributed by atoms with Crippen molar-refractivity contribution in [2.75, 3.05) is 0 Å². The second kappa shape index (κ2) is 4.60. The first-order valence-corrected chi connectivity index (χ1v) is 4.94. The Bertz CT molecular complexity index is 451. The lowest BCUT2D eigenvalue weighted by Gasteiger charge is -1.88. The van der Waals surface area contributed by atoms with Gasteiger partial charge in [-0.25, -0.2) is 0 Å². The van der Waals surface area contributed by atoms with Crippen LogP contribution in [0, 0.1) is 0 Å². The summed E-state index contributed by atoms with van der Waals surface area (Å²) in [5, 5.41) is 3.81. The highest BCUT2D eigenvalue weighted by Gasteiger charge is 1.99. The van der Waals surface area contributed by atoms with Crippen LogP contribution in [0.4, 0.5) is 0 Å². The molecular formula is C11H11BN2O.